The van der Waals surface area contributed by atoms with Crippen LogP contribution in [-0.2, 0) is 9.63 Å². The molecule has 0 saturated heterocycles. The van der Waals surface area contributed by atoms with Gasteiger partial charge >= 0.3 is 12.3 Å². The zero-order valence-corrected chi connectivity index (χ0v) is 8.54. The Morgan fingerprint density at radius 2 is 2.00 bits per heavy atom. The number of likely N-dealkylation sites (N-methyl/N-ethyl adjacent to an activating group) is 1. The molecule has 0 aromatic carbocycles. The van der Waals surface area contributed by atoms with Crippen molar-refractivity contribution in [1.82, 2.24) is 10.4 Å². The molecule has 0 radical (unpaired) electrons. The van der Waals surface area contributed by atoms with E-state index in [0.717, 1.165) is 14.2 Å². The molecule has 16 heavy (non-hydrogen) atoms. The van der Waals surface area contributed by atoms with Crippen molar-refractivity contribution in [2.75, 3.05) is 14.2 Å². The summed E-state index contributed by atoms with van der Waals surface area (Å²) in [5.41, 5.74) is 0. The number of hydrogen-bond acceptors (Lipinski definition) is 3. The molecule has 0 spiro atoms. The van der Waals surface area contributed by atoms with Crippen molar-refractivity contribution in [2.24, 2.45) is 0 Å². The highest BCUT2D eigenvalue weighted by Gasteiger charge is 2.37. The van der Waals surface area contributed by atoms with Gasteiger partial charge < -0.3 is 10.4 Å². The number of rotatable bonds is 4. The lowest BCUT2D eigenvalue weighted by Crippen LogP contribution is -2.48. The largest absolute Gasteiger partial charge is 0.465 e. The zero-order chi connectivity index (χ0) is 12.9. The van der Waals surface area contributed by atoms with Crippen molar-refractivity contribution in [3.8, 4) is 0 Å². The van der Waals surface area contributed by atoms with Gasteiger partial charge in [0.2, 0.25) is 0 Å². The molecule has 0 aromatic heterocycles. The summed E-state index contributed by atoms with van der Waals surface area (Å²) in [7, 11) is 2.15. The van der Waals surface area contributed by atoms with Crippen LogP contribution in [0.3, 0.4) is 0 Å². The lowest BCUT2D eigenvalue weighted by molar-refractivity contribution is -0.179. The Morgan fingerprint density at radius 3 is 2.31 bits per heavy atom. The number of halogens is 3. The summed E-state index contributed by atoms with van der Waals surface area (Å²) in [5.74, 6) is -1.12. The van der Waals surface area contributed by atoms with Crippen molar-refractivity contribution < 1.29 is 32.7 Å². The van der Waals surface area contributed by atoms with Crippen LogP contribution in [0.5, 0.6) is 0 Å². The van der Waals surface area contributed by atoms with Crippen molar-refractivity contribution >= 4 is 12.0 Å². The van der Waals surface area contributed by atoms with Gasteiger partial charge in [0.25, 0.3) is 5.91 Å². The zero-order valence-electron chi connectivity index (χ0n) is 8.54. The van der Waals surface area contributed by atoms with E-state index in [1.807, 2.05) is 0 Å². The summed E-state index contributed by atoms with van der Waals surface area (Å²) < 4.78 is 36.1. The molecule has 0 rings (SSSR count). The number of carboxylic acid groups (broad SMARTS) is 1. The third-order valence-corrected chi connectivity index (χ3v) is 1.62. The van der Waals surface area contributed by atoms with E-state index < -0.39 is 30.6 Å². The van der Waals surface area contributed by atoms with Crippen LogP contribution < -0.4 is 5.32 Å². The molecule has 0 fully saturated rings. The van der Waals surface area contributed by atoms with Gasteiger partial charge in [-0.05, 0) is 0 Å². The highest BCUT2D eigenvalue weighted by Crippen LogP contribution is 2.22. The first-order valence-corrected chi connectivity index (χ1v) is 4.05. The average Bonchev–Trinajstić information content (AvgIpc) is 2.11. The van der Waals surface area contributed by atoms with Crippen LogP contribution in [0.1, 0.15) is 6.42 Å². The maximum atomic E-state index is 12.0. The van der Waals surface area contributed by atoms with Crippen LogP contribution in [0.2, 0.25) is 0 Å². The lowest BCUT2D eigenvalue weighted by atomic mass is 10.2. The van der Waals surface area contributed by atoms with E-state index in [-0.39, 0.29) is 0 Å². The molecule has 0 aliphatic rings. The normalized spacial score (nSPS) is 13.1. The number of carbonyl (C=O) groups is 2. The Morgan fingerprint density at radius 1 is 1.50 bits per heavy atom. The van der Waals surface area contributed by atoms with Crippen molar-refractivity contribution in [2.45, 2.75) is 18.6 Å². The number of hydroxylamine groups is 2. The quantitative estimate of drug-likeness (QED) is 0.709. The third-order valence-electron chi connectivity index (χ3n) is 1.62. The predicted molar refractivity (Wildman–Crippen MR) is 45.4 cm³/mol. The Kier molecular flexibility index (Phi) is 5.02. The minimum atomic E-state index is -4.66. The van der Waals surface area contributed by atoms with Gasteiger partial charge in [-0.25, -0.2) is 9.86 Å². The number of nitrogens with zero attached hydrogens (tertiary/aromatic N) is 1. The van der Waals surface area contributed by atoms with Crippen molar-refractivity contribution in [3.63, 3.8) is 0 Å². The van der Waals surface area contributed by atoms with Crippen molar-refractivity contribution in [1.29, 1.82) is 0 Å². The molecule has 94 valence electrons. The van der Waals surface area contributed by atoms with Gasteiger partial charge in [0, 0.05) is 7.05 Å². The highest BCUT2D eigenvalue weighted by atomic mass is 19.4. The molecule has 1 unspecified atom stereocenters. The second kappa shape index (κ2) is 5.54. The Balaban J connectivity index is 4.66. The molecule has 2 N–H and O–H groups in total. The molecule has 1 atom stereocenters. The smallest absolute Gasteiger partial charge is 0.405 e. The maximum absolute atomic E-state index is 12.0. The Hall–Kier alpha value is -1.51. The van der Waals surface area contributed by atoms with E-state index in [0.29, 0.717) is 5.06 Å². The van der Waals surface area contributed by atoms with Gasteiger partial charge in [-0.15, -0.1) is 0 Å². The molecule has 0 saturated carbocycles. The first-order chi connectivity index (χ1) is 7.17. The minimum absolute atomic E-state index is 0.520. The van der Waals surface area contributed by atoms with Crippen LogP contribution in [-0.4, -0.2) is 48.5 Å². The summed E-state index contributed by atoms with van der Waals surface area (Å²) >= 11 is 0. The number of hydrogen-bond donors (Lipinski definition) is 2. The van der Waals surface area contributed by atoms with Gasteiger partial charge in [0.1, 0.15) is 6.04 Å². The second-order valence-corrected chi connectivity index (χ2v) is 2.84. The van der Waals surface area contributed by atoms with Gasteiger partial charge in [-0.1, -0.05) is 0 Å². The lowest BCUT2D eigenvalue weighted by Gasteiger charge is -2.22. The van der Waals surface area contributed by atoms with Crippen LogP contribution in [0.4, 0.5) is 18.0 Å². The molecular formula is C7H11F3N2O4. The fourth-order valence-electron chi connectivity index (χ4n) is 0.890. The fourth-order valence-corrected chi connectivity index (χ4v) is 0.890. The Bertz CT molecular complexity index is 269. The summed E-state index contributed by atoms with van der Waals surface area (Å²) in [6.45, 7) is 0. The second-order valence-electron chi connectivity index (χ2n) is 2.84. The number of carbonyl (C=O) groups excluding carboxylic acids is 1. The van der Waals surface area contributed by atoms with Gasteiger partial charge in [0.15, 0.2) is 0 Å². The molecule has 0 aliphatic carbocycles. The maximum Gasteiger partial charge on any atom is 0.405 e. The van der Waals surface area contributed by atoms with Crippen LogP contribution in [0.25, 0.3) is 0 Å². The molecule has 6 nitrogen and oxygen atoms in total. The van der Waals surface area contributed by atoms with E-state index >= 15 is 0 Å². The van der Waals surface area contributed by atoms with Gasteiger partial charge in [-0.2, -0.15) is 13.2 Å². The summed E-state index contributed by atoms with van der Waals surface area (Å²) in [4.78, 5) is 25.9. The monoisotopic (exact) mass is 244 g/mol. The van der Waals surface area contributed by atoms with E-state index in [1.165, 1.54) is 5.32 Å². The predicted octanol–water partition coefficient (Wildman–Crippen LogP) is 0.595. The summed E-state index contributed by atoms with van der Waals surface area (Å²) in [5, 5.41) is 10.3. The SMILES string of the molecule is CON(C)C(=O)C(CC(F)(F)F)NC(=O)O. The van der Waals surface area contributed by atoms with Gasteiger partial charge in [0.05, 0.1) is 13.5 Å². The summed E-state index contributed by atoms with van der Waals surface area (Å²) in [6.07, 6.45) is -7.96. The van der Waals surface area contributed by atoms with E-state index in [9.17, 15) is 22.8 Å². The van der Waals surface area contributed by atoms with Crippen LogP contribution >= 0.6 is 0 Å². The molecule has 0 aromatic rings. The Labute approximate surface area is 88.9 Å². The number of amides is 2. The average molecular weight is 244 g/mol. The molecule has 9 heteroatoms. The third kappa shape index (κ3) is 5.39. The first kappa shape index (κ1) is 14.5. The number of nitrogens with one attached hydrogen (secondary N) is 1. The highest BCUT2D eigenvalue weighted by molar-refractivity contribution is 5.84. The molecule has 0 aliphatic heterocycles. The number of alkyl halides is 3. The van der Waals surface area contributed by atoms with E-state index in [4.69, 9.17) is 5.11 Å². The standard InChI is InChI=1S/C7H11F3N2O4/c1-12(16-2)5(13)4(11-6(14)15)3-7(8,9)10/h4,11H,3H2,1-2H3,(H,14,15). The molecule has 2 amide bonds. The molecule has 0 bridgehead atoms. The van der Waals surface area contributed by atoms with Crippen molar-refractivity contribution in [3.05, 3.63) is 0 Å². The molecule has 0 heterocycles. The fraction of sp³-hybridized carbons (Fsp3) is 0.714. The van der Waals surface area contributed by atoms with E-state index in [2.05, 4.69) is 4.84 Å². The van der Waals surface area contributed by atoms with E-state index in [1.54, 1.807) is 0 Å². The van der Waals surface area contributed by atoms with Crippen LogP contribution in [0, 0.1) is 0 Å². The summed E-state index contributed by atoms with van der Waals surface area (Å²) in [6, 6.07) is -1.91. The molecular weight excluding hydrogens is 233 g/mol. The van der Waals surface area contributed by atoms with Gasteiger partial charge in [-0.3, -0.25) is 9.63 Å². The topological polar surface area (TPSA) is 78.9 Å². The minimum Gasteiger partial charge on any atom is -0.465 e. The van der Waals surface area contributed by atoms with Crippen LogP contribution in [0.15, 0.2) is 0 Å². The first-order valence-electron chi connectivity index (χ1n) is 4.05.